The maximum absolute atomic E-state index is 10.9. The van der Waals surface area contributed by atoms with Crippen LogP contribution in [0.4, 0.5) is 0 Å². The van der Waals surface area contributed by atoms with E-state index in [2.05, 4.69) is 21.2 Å². The number of hydrogen-bond donors (Lipinski definition) is 0. The zero-order chi connectivity index (χ0) is 16.4. The average molecular weight is 387 g/mol. The van der Waals surface area contributed by atoms with Crippen molar-refractivity contribution in [2.45, 2.75) is 0 Å². The van der Waals surface area contributed by atoms with Gasteiger partial charge in [0, 0.05) is 4.91 Å². The quantitative estimate of drug-likeness (QED) is 0.616. The summed E-state index contributed by atoms with van der Waals surface area (Å²) in [6, 6.07) is 11.3. The molecule has 2 aromatic heterocycles. The molecule has 0 bridgehead atoms. The predicted molar refractivity (Wildman–Crippen MR) is 107 cm³/mol. The topological polar surface area (TPSA) is 42.9 Å². The van der Waals surface area contributed by atoms with Gasteiger partial charge in [0.15, 0.2) is 6.29 Å². The molecule has 0 fully saturated rings. The molecule has 0 atom stereocenters. The van der Waals surface area contributed by atoms with Crippen molar-refractivity contribution in [2.24, 2.45) is 0 Å². The number of thioether (sulfide) groups is 4. The summed E-state index contributed by atoms with van der Waals surface area (Å²) in [7, 11) is 0. The molecule has 4 heterocycles. The number of aldehydes is 1. The normalized spacial score (nSPS) is 16.6. The number of carbonyl (C=O) groups is 1. The SMILES string of the molecule is O=Cc1cccc(-c2cccc(C3=CSC(=C4SC=CS4)S3)n2)n1. The van der Waals surface area contributed by atoms with E-state index >= 15 is 0 Å². The van der Waals surface area contributed by atoms with Crippen LogP contribution in [0.5, 0.6) is 0 Å². The first-order valence-electron chi connectivity index (χ1n) is 7.01. The lowest BCUT2D eigenvalue weighted by Crippen LogP contribution is -1.93. The van der Waals surface area contributed by atoms with Crippen LogP contribution in [0.2, 0.25) is 0 Å². The van der Waals surface area contributed by atoms with Crippen LogP contribution in [0.25, 0.3) is 16.3 Å². The minimum absolute atomic E-state index is 0.416. The highest BCUT2D eigenvalue weighted by atomic mass is 32.2. The van der Waals surface area contributed by atoms with Crippen LogP contribution in [0.15, 0.2) is 61.1 Å². The van der Waals surface area contributed by atoms with Crippen LogP contribution < -0.4 is 0 Å². The number of nitrogens with zero attached hydrogens (tertiary/aromatic N) is 2. The molecule has 0 spiro atoms. The van der Waals surface area contributed by atoms with Crippen molar-refractivity contribution in [3.63, 3.8) is 0 Å². The van der Waals surface area contributed by atoms with Gasteiger partial charge in [-0.05, 0) is 40.5 Å². The minimum Gasteiger partial charge on any atom is -0.296 e. The first-order valence-corrected chi connectivity index (χ1v) is 10.5. The summed E-state index contributed by atoms with van der Waals surface area (Å²) in [6.07, 6.45) is 0.753. The van der Waals surface area contributed by atoms with Gasteiger partial charge in [-0.15, -0.1) is 0 Å². The first-order chi connectivity index (χ1) is 11.8. The number of rotatable bonds is 3. The molecule has 0 saturated heterocycles. The highest BCUT2D eigenvalue weighted by Crippen LogP contribution is 2.55. The summed E-state index contributed by atoms with van der Waals surface area (Å²) in [5.41, 5.74) is 2.83. The summed E-state index contributed by atoms with van der Waals surface area (Å²) in [5.74, 6) is 0. The molecule has 0 N–H and O–H groups in total. The second kappa shape index (κ2) is 7.23. The second-order valence-electron chi connectivity index (χ2n) is 4.76. The summed E-state index contributed by atoms with van der Waals surface area (Å²) in [4.78, 5) is 21.1. The maximum atomic E-state index is 10.9. The zero-order valence-corrected chi connectivity index (χ0v) is 15.5. The molecule has 0 unspecified atom stereocenters. The summed E-state index contributed by atoms with van der Waals surface area (Å²) in [6.45, 7) is 0. The van der Waals surface area contributed by atoms with E-state index in [1.807, 2.05) is 30.3 Å². The monoisotopic (exact) mass is 386 g/mol. The third-order valence-electron chi connectivity index (χ3n) is 3.20. The average Bonchev–Trinajstić information content (AvgIpc) is 3.33. The fraction of sp³-hybridized carbons (Fsp3) is 0. The van der Waals surface area contributed by atoms with E-state index in [4.69, 9.17) is 4.98 Å². The van der Waals surface area contributed by atoms with Gasteiger partial charge in [-0.2, -0.15) is 0 Å². The van der Waals surface area contributed by atoms with Gasteiger partial charge in [-0.1, -0.05) is 59.2 Å². The largest absolute Gasteiger partial charge is 0.296 e. The van der Waals surface area contributed by atoms with Gasteiger partial charge in [0.2, 0.25) is 0 Å². The lowest BCUT2D eigenvalue weighted by molar-refractivity contribution is 0.111. The van der Waals surface area contributed by atoms with E-state index in [9.17, 15) is 4.79 Å². The molecule has 2 aliphatic heterocycles. The number of hydrogen-bond acceptors (Lipinski definition) is 7. The van der Waals surface area contributed by atoms with Crippen molar-refractivity contribution >= 4 is 58.2 Å². The van der Waals surface area contributed by atoms with Gasteiger partial charge >= 0.3 is 0 Å². The standard InChI is InChI=1S/C17H10N2OS4/c20-9-11-3-1-4-12(18-11)13-5-2-6-14(19-13)15-10-23-17(24-15)16-21-7-8-22-16/h1-10H. The van der Waals surface area contributed by atoms with E-state index in [0.717, 1.165) is 22.6 Å². The van der Waals surface area contributed by atoms with Crippen LogP contribution in [-0.4, -0.2) is 16.3 Å². The van der Waals surface area contributed by atoms with Gasteiger partial charge in [0.25, 0.3) is 0 Å². The summed E-state index contributed by atoms with van der Waals surface area (Å²) >= 11 is 7.03. The van der Waals surface area contributed by atoms with Gasteiger partial charge in [-0.25, -0.2) is 9.97 Å². The zero-order valence-electron chi connectivity index (χ0n) is 12.2. The van der Waals surface area contributed by atoms with Crippen molar-refractivity contribution in [1.29, 1.82) is 0 Å². The lowest BCUT2D eigenvalue weighted by atomic mass is 10.2. The Morgan fingerprint density at radius 3 is 2.29 bits per heavy atom. The van der Waals surface area contributed by atoms with Crippen LogP contribution >= 0.6 is 47.0 Å². The third-order valence-corrected chi connectivity index (χ3v) is 8.25. The highest BCUT2D eigenvalue weighted by molar-refractivity contribution is 8.35. The summed E-state index contributed by atoms with van der Waals surface area (Å²) in [5, 5.41) is 6.36. The molecule has 0 aromatic carbocycles. The Balaban J connectivity index is 1.61. The molecule has 24 heavy (non-hydrogen) atoms. The molecule has 0 amide bonds. The van der Waals surface area contributed by atoms with E-state index in [1.165, 1.54) is 8.47 Å². The molecular weight excluding hydrogens is 376 g/mol. The van der Waals surface area contributed by atoms with Crippen LogP contribution in [0.1, 0.15) is 16.2 Å². The Morgan fingerprint density at radius 2 is 1.50 bits per heavy atom. The molecule has 0 radical (unpaired) electrons. The van der Waals surface area contributed by atoms with E-state index in [1.54, 1.807) is 53.1 Å². The molecular formula is C17H10N2OS4. The van der Waals surface area contributed by atoms with Crippen LogP contribution in [-0.2, 0) is 0 Å². The second-order valence-corrected chi connectivity index (χ2v) is 9.04. The Morgan fingerprint density at radius 1 is 0.792 bits per heavy atom. The van der Waals surface area contributed by atoms with Crippen molar-refractivity contribution in [1.82, 2.24) is 9.97 Å². The van der Waals surface area contributed by atoms with Crippen molar-refractivity contribution in [3.8, 4) is 11.4 Å². The van der Waals surface area contributed by atoms with Crippen LogP contribution in [0.3, 0.4) is 0 Å². The van der Waals surface area contributed by atoms with E-state index in [0.29, 0.717) is 11.4 Å². The highest BCUT2D eigenvalue weighted by Gasteiger charge is 2.20. The molecule has 118 valence electrons. The number of carbonyl (C=O) groups excluding carboxylic acids is 1. The van der Waals surface area contributed by atoms with E-state index < -0.39 is 0 Å². The third kappa shape index (κ3) is 3.35. The fourth-order valence-corrected chi connectivity index (χ4v) is 6.57. The lowest BCUT2D eigenvalue weighted by Gasteiger charge is -2.05. The van der Waals surface area contributed by atoms with E-state index in [-0.39, 0.29) is 0 Å². The van der Waals surface area contributed by atoms with Crippen molar-refractivity contribution in [2.75, 3.05) is 0 Å². The molecule has 4 rings (SSSR count). The molecule has 0 aliphatic carbocycles. The van der Waals surface area contributed by atoms with Gasteiger partial charge in [0.1, 0.15) is 5.69 Å². The van der Waals surface area contributed by atoms with Gasteiger partial charge < -0.3 is 0 Å². The molecule has 3 nitrogen and oxygen atoms in total. The Hall–Kier alpha value is -1.41. The Kier molecular flexibility index (Phi) is 4.84. The predicted octanol–water partition coefficient (Wildman–Crippen LogP) is 5.81. The smallest absolute Gasteiger partial charge is 0.168 e. The van der Waals surface area contributed by atoms with Gasteiger partial charge in [-0.3, -0.25) is 4.79 Å². The maximum Gasteiger partial charge on any atom is 0.168 e. The Bertz CT molecular complexity index is 895. The molecule has 0 saturated carbocycles. The van der Waals surface area contributed by atoms with Gasteiger partial charge in [0.05, 0.1) is 25.6 Å². The fourth-order valence-electron chi connectivity index (χ4n) is 2.13. The number of aromatic nitrogens is 2. The molecule has 7 heteroatoms. The minimum atomic E-state index is 0.416. The summed E-state index contributed by atoms with van der Waals surface area (Å²) < 4.78 is 2.63. The first kappa shape index (κ1) is 16.1. The molecule has 2 aliphatic rings. The number of pyridine rings is 2. The van der Waals surface area contributed by atoms with Crippen molar-refractivity contribution < 1.29 is 4.79 Å². The van der Waals surface area contributed by atoms with Crippen molar-refractivity contribution in [3.05, 3.63) is 72.5 Å². The van der Waals surface area contributed by atoms with Crippen LogP contribution in [0, 0.1) is 0 Å². The molecule has 2 aromatic rings. The Labute approximate surface area is 156 Å².